The van der Waals surface area contributed by atoms with Crippen molar-refractivity contribution < 1.29 is 31.6 Å². The van der Waals surface area contributed by atoms with Gasteiger partial charge in [0.2, 0.25) is 0 Å². The second kappa shape index (κ2) is 10.0. The summed E-state index contributed by atoms with van der Waals surface area (Å²) in [4.78, 5) is 25.3. The second-order valence-corrected chi connectivity index (χ2v) is 7.95. The summed E-state index contributed by atoms with van der Waals surface area (Å²) < 4.78 is 14.9. The van der Waals surface area contributed by atoms with Gasteiger partial charge in [0.05, 0.1) is 30.2 Å². The molecule has 0 spiro atoms. The van der Waals surface area contributed by atoms with Crippen molar-refractivity contribution in [1.82, 2.24) is 9.78 Å². The number of quaternary nitrogens is 1. The molecule has 2 N–H and O–H groups in total. The van der Waals surface area contributed by atoms with Gasteiger partial charge in [0.25, 0.3) is 5.56 Å². The smallest absolute Gasteiger partial charge is 0.359 e. The second-order valence-electron chi connectivity index (χ2n) is 7.95. The molecule has 3 aromatic rings. The third-order valence-corrected chi connectivity index (χ3v) is 5.84. The number of aromatic nitrogens is 2. The maximum atomic E-state index is 13.3. The molecule has 1 fully saturated rings. The van der Waals surface area contributed by atoms with Crippen molar-refractivity contribution in [2.24, 2.45) is 0 Å². The number of hydrogen-bond donors (Lipinski definition) is 2. The van der Waals surface area contributed by atoms with Crippen LogP contribution in [0.25, 0.3) is 10.8 Å². The molecule has 1 saturated heterocycles. The Morgan fingerprint density at radius 1 is 1.10 bits per heavy atom. The zero-order valence-corrected chi connectivity index (χ0v) is 17.8. The molecular formula is C23H25ClFN3O3. The molecular weight excluding hydrogens is 421 g/mol. The summed E-state index contributed by atoms with van der Waals surface area (Å²) in [6, 6.07) is 13.7. The number of carboxylic acid groups (broad SMARTS) is 1. The molecule has 6 nitrogen and oxygen atoms in total. The predicted molar refractivity (Wildman–Crippen MR) is 111 cm³/mol. The fourth-order valence-electron chi connectivity index (χ4n) is 4.31. The van der Waals surface area contributed by atoms with E-state index in [0.29, 0.717) is 24.8 Å². The van der Waals surface area contributed by atoms with Crippen molar-refractivity contribution in [3.8, 4) is 0 Å². The van der Waals surface area contributed by atoms with E-state index in [-0.39, 0.29) is 36.4 Å². The molecule has 164 valence electrons. The van der Waals surface area contributed by atoms with Gasteiger partial charge in [0, 0.05) is 18.2 Å². The monoisotopic (exact) mass is 445 g/mol. The van der Waals surface area contributed by atoms with Crippen LogP contribution in [-0.4, -0.2) is 40.5 Å². The molecule has 0 saturated carbocycles. The van der Waals surface area contributed by atoms with Gasteiger partial charge >= 0.3 is 5.97 Å². The third kappa shape index (κ3) is 5.29. The molecule has 2 atom stereocenters. The van der Waals surface area contributed by atoms with E-state index >= 15 is 0 Å². The van der Waals surface area contributed by atoms with Gasteiger partial charge in [-0.2, -0.15) is 5.10 Å². The van der Waals surface area contributed by atoms with Crippen LogP contribution in [0.3, 0.4) is 0 Å². The summed E-state index contributed by atoms with van der Waals surface area (Å²) in [5, 5.41) is 15.3. The van der Waals surface area contributed by atoms with Crippen molar-refractivity contribution in [1.29, 1.82) is 0 Å². The number of benzene rings is 2. The highest BCUT2D eigenvalue weighted by Crippen LogP contribution is 2.21. The molecule has 2 heterocycles. The molecule has 4 rings (SSSR count). The van der Waals surface area contributed by atoms with Crippen LogP contribution in [-0.2, 0) is 11.2 Å². The van der Waals surface area contributed by atoms with Crippen LogP contribution in [0.5, 0.6) is 0 Å². The van der Waals surface area contributed by atoms with E-state index in [9.17, 15) is 14.0 Å². The number of aliphatic carboxylic acids is 1. The number of likely N-dealkylation sites (tertiary alicyclic amines) is 1. The van der Waals surface area contributed by atoms with Crippen molar-refractivity contribution in [3.63, 3.8) is 0 Å². The fourth-order valence-corrected chi connectivity index (χ4v) is 4.31. The Kier molecular flexibility index (Phi) is 7.41. The Morgan fingerprint density at radius 2 is 1.81 bits per heavy atom. The normalized spacial score (nSPS) is 18.9. The molecule has 2 unspecified atom stereocenters. The van der Waals surface area contributed by atoms with Crippen LogP contribution in [0.2, 0.25) is 0 Å². The van der Waals surface area contributed by atoms with Gasteiger partial charge in [0.15, 0.2) is 6.54 Å². The molecule has 0 aliphatic carbocycles. The Balaban J connectivity index is 0.00000272. The average Bonchev–Trinajstić information content (AvgIpc) is 2.97. The van der Waals surface area contributed by atoms with Gasteiger partial charge in [-0.3, -0.25) is 4.79 Å². The predicted octanol–water partition coefficient (Wildman–Crippen LogP) is -1.18. The SMILES string of the molecule is O=C(O)C[NH+]1CCCC(n2nc(Cc3ccc(F)cc3)c3ccccc3c2=O)CC1.[Cl-]. The summed E-state index contributed by atoms with van der Waals surface area (Å²) in [7, 11) is 0. The lowest BCUT2D eigenvalue weighted by Gasteiger charge is -2.19. The van der Waals surface area contributed by atoms with Crippen molar-refractivity contribution >= 4 is 16.7 Å². The third-order valence-electron chi connectivity index (χ3n) is 5.84. The van der Waals surface area contributed by atoms with E-state index in [1.165, 1.54) is 12.1 Å². The average molecular weight is 446 g/mol. The zero-order valence-electron chi connectivity index (χ0n) is 17.1. The Labute approximate surface area is 185 Å². The summed E-state index contributed by atoms with van der Waals surface area (Å²) >= 11 is 0. The summed E-state index contributed by atoms with van der Waals surface area (Å²) in [5.74, 6) is -1.08. The topological polar surface area (TPSA) is 76.6 Å². The first kappa shape index (κ1) is 22.9. The quantitative estimate of drug-likeness (QED) is 0.518. The summed E-state index contributed by atoms with van der Waals surface area (Å²) in [6.45, 7) is 1.58. The molecule has 0 radical (unpaired) electrons. The van der Waals surface area contributed by atoms with Crippen LogP contribution in [0.1, 0.15) is 36.6 Å². The maximum Gasteiger partial charge on any atom is 0.359 e. The standard InChI is InChI=1S/C23H24FN3O3.ClH/c24-17-9-7-16(8-10-17)14-21-19-5-1-2-6-20(19)23(30)27(25-21)18-4-3-12-26(13-11-18)15-22(28)29;/h1-2,5-10,18H,3-4,11-15H2,(H,28,29);1H. The van der Waals surface area contributed by atoms with Gasteiger partial charge in [0.1, 0.15) is 5.82 Å². The van der Waals surface area contributed by atoms with Crippen LogP contribution in [0.4, 0.5) is 4.39 Å². The minimum absolute atomic E-state index is 0. The Morgan fingerprint density at radius 3 is 2.52 bits per heavy atom. The largest absolute Gasteiger partial charge is 1.00 e. The first-order valence-corrected chi connectivity index (χ1v) is 10.3. The number of rotatable bonds is 5. The van der Waals surface area contributed by atoms with Crippen molar-refractivity contribution in [2.75, 3.05) is 19.6 Å². The minimum Gasteiger partial charge on any atom is -1.00 e. The lowest BCUT2D eigenvalue weighted by Crippen LogP contribution is -3.12. The van der Waals surface area contributed by atoms with Crippen LogP contribution >= 0.6 is 0 Å². The highest BCUT2D eigenvalue weighted by molar-refractivity contribution is 5.83. The number of halogens is 2. The number of carboxylic acids is 1. The Bertz CT molecular complexity index is 1120. The first-order valence-electron chi connectivity index (χ1n) is 10.3. The lowest BCUT2D eigenvalue weighted by molar-refractivity contribution is -0.891. The number of hydrogen-bond acceptors (Lipinski definition) is 3. The minimum atomic E-state index is -0.800. The summed E-state index contributed by atoms with van der Waals surface area (Å²) in [5.41, 5.74) is 1.60. The fraction of sp³-hybridized carbons (Fsp3) is 0.348. The van der Waals surface area contributed by atoms with Gasteiger partial charge in [-0.1, -0.05) is 30.3 Å². The van der Waals surface area contributed by atoms with E-state index in [4.69, 9.17) is 10.2 Å². The summed E-state index contributed by atoms with van der Waals surface area (Å²) in [6.07, 6.45) is 2.86. The van der Waals surface area contributed by atoms with Crippen LogP contribution in [0, 0.1) is 5.82 Å². The molecule has 1 aromatic heterocycles. The van der Waals surface area contributed by atoms with Gasteiger partial charge in [-0.25, -0.2) is 13.9 Å². The van der Waals surface area contributed by atoms with E-state index in [1.54, 1.807) is 16.8 Å². The van der Waals surface area contributed by atoms with Crippen molar-refractivity contribution in [2.45, 2.75) is 31.7 Å². The lowest BCUT2D eigenvalue weighted by atomic mass is 10.0. The van der Waals surface area contributed by atoms with E-state index in [0.717, 1.165) is 40.9 Å². The van der Waals surface area contributed by atoms with E-state index in [1.807, 2.05) is 24.3 Å². The highest BCUT2D eigenvalue weighted by Gasteiger charge is 2.25. The molecule has 0 bridgehead atoms. The van der Waals surface area contributed by atoms with E-state index < -0.39 is 5.97 Å². The van der Waals surface area contributed by atoms with Crippen LogP contribution < -0.4 is 22.9 Å². The molecule has 31 heavy (non-hydrogen) atoms. The van der Waals surface area contributed by atoms with Gasteiger partial charge in [-0.05, 0) is 36.6 Å². The molecule has 2 aromatic carbocycles. The number of nitrogens with zero attached hydrogens (tertiary/aromatic N) is 2. The molecule has 1 aliphatic rings. The molecule has 8 heteroatoms. The molecule has 1 aliphatic heterocycles. The van der Waals surface area contributed by atoms with Gasteiger partial charge < -0.3 is 22.4 Å². The number of fused-ring (bicyclic) bond motifs is 1. The number of carbonyl (C=O) groups is 1. The highest BCUT2D eigenvalue weighted by atomic mass is 35.5. The van der Waals surface area contributed by atoms with Crippen molar-refractivity contribution in [3.05, 3.63) is 76.0 Å². The van der Waals surface area contributed by atoms with Crippen LogP contribution in [0.15, 0.2) is 53.3 Å². The van der Waals surface area contributed by atoms with Gasteiger partial charge in [-0.15, -0.1) is 0 Å². The zero-order chi connectivity index (χ0) is 21.1. The Hall–Kier alpha value is -2.77. The van der Waals surface area contributed by atoms with E-state index in [2.05, 4.69) is 0 Å². The maximum absolute atomic E-state index is 13.3. The number of nitrogens with one attached hydrogen (secondary N) is 1. The molecule has 0 amide bonds. The first-order chi connectivity index (χ1) is 14.5.